The SMILES string of the molecule is O=C(CN1CCC(CCc2ccc(O)cc2)CC1)Nc1ccc(F)cc1. The van der Waals surface area contributed by atoms with Gasteiger partial charge in [0.1, 0.15) is 11.6 Å². The summed E-state index contributed by atoms with van der Waals surface area (Å²) in [5, 5.41) is 12.1. The molecule has 1 heterocycles. The van der Waals surface area contributed by atoms with Crippen LogP contribution in [0.3, 0.4) is 0 Å². The van der Waals surface area contributed by atoms with Crippen LogP contribution >= 0.6 is 0 Å². The predicted molar refractivity (Wildman–Crippen MR) is 101 cm³/mol. The van der Waals surface area contributed by atoms with E-state index in [9.17, 15) is 14.3 Å². The lowest BCUT2D eigenvalue weighted by molar-refractivity contribution is -0.117. The summed E-state index contributed by atoms with van der Waals surface area (Å²) in [4.78, 5) is 14.3. The molecule has 0 saturated carbocycles. The molecule has 26 heavy (non-hydrogen) atoms. The molecule has 1 fully saturated rings. The van der Waals surface area contributed by atoms with E-state index in [-0.39, 0.29) is 11.7 Å². The number of carbonyl (C=O) groups is 1. The minimum absolute atomic E-state index is 0.0563. The van der Waals surface area contributed by atoms with Crippen LogP contribution in [0.5, 0.6) is 5.75 Å². The van der Waals surface area contributed by atoms with Crippen LogP contribution in [0, 0.1) is 11.7 Å². The molecule has 2 aromatic rings. The van der Waals surface area contributed by atoms with Gasteiger partial charge in [-0.3, -0.25) is 9.69 Å². The molecule has 0 aliphatic carbocycles. The summed E-state index contributed by atoms with van der Waals surface area (Å²) in [5.41, 5.74) is 1.88. The van der Waals surface area contributed by atoms with Crippen LogP contribution < -0.4 is 5.32 Å². The zero-order valence-corrected chi connectivity index (χ0v) is 14.8. The Balaban J connectivity index is 1.37. The van der Waals surface area contributed by atoms with Crippen molar-refractivity contribution in [2.45, 2.75) is 25.7 Å². The zero-order chi connectivity index (χ0) is 18.4. The Labute approximate surface area is 153 Å². The Bertz CT molecular complexity index is 708. The van der Waals surface area contributed by atoms with Crippen molar-refractivity contribution < 1.29 is 14.3 Å². The van der Waals surface area contributed by atoms with Crippen molar-refractivity contribution in [2.24, 2.45) is 5.92 Å². The summed E-state index contributed by atoms with van der Waals surface area (Å²) in [6.07, 6.45) is 4.36. The second-order valence-electron chi connectivity index (χ2n) is 6.98. The Hall–Kier alpha value is -2.40. The van der Waals surface area contributed by atoms with Crippen LogP contribution in [-0.2, 0) is 11.2 Å². The normalized spacial score (nSPS) is 15.7. The van der Waals surface area contributed by atoms with E-state index >= 15 is 0 Å². The van der Waals surface area contributed by atoms with Crippen molar-refractivity contribution in [1.29, 1.82) is 0 Å². The third-order valence-electron chi connectivity index (χ3n) is 4.98. The van der Waals surface area contributed by atoms with Gasteiger partial charge < -0.3 is 10.4 Å². The molecule has 5 heteroatoms. The maximum absolute atomic E-state index is 12.9. The number of halogens is 1. The number of phenolic OH excluding ortho intramolecular Hbond substituents is 1. The fourth-order valence-corrected chi connectivity index (χ4v) is 3.40. The number of benzene rings is 2. The van der Waals surface area contributed by atoms with E-state index in [1.807, 2.05) is 12.1 Å². The Morgan fingerprint density at radius 2 is 1.73 bits per heavy atom. The molecular formula is C21H25FN2O2. The van der Waals surface area contributed by atoms with Crippen molar-refractivity contribution >= 4 is 11.6 Å². The van der Waals surface area contributed by atoms with E-state index in [1.54, 1.807) is 24.3 Å². The van der Waals surface area contributed by atoms with Crippen LogP contribution in [0.4, 0.5) is 10.1 Å². The number of rotatable bonds is 6. The largest absolute Gasteiger partial charge is 0.508 e. The molecule has 4 nitrogen and oxygen atoms in total. The number of amides is 1. The van der Waals surface area contributed by atoms with Gasteiger partial charge in [-0.15, -0.1) is 0 Å². The maximum Gasteiger partial charge on any atom is 0.238 e. The Kier molecular flexibility index (Phi) is 6.23. The lowest BCUT2D eigenvalue weighted by Crippen LogP contribution is -2.39. The lowest BCUT2D eigenvalue weighted by Gasteiger charge is -2.31. The van der Waals surface area contributed by atoms with Gasteiger partial charge in [0.15, 0.2) is 0 Å². The van der Waals surface area contributed by atoms with Gasteiger partial charge in [0.05, 0.1) is 6.54 Å². The fourth-order valence-electron chi connectivity index (χ4n) is 3.40. The number of carbonyl (C=O) groups excluding carboxylic acids is 1. The fraction of sp³-hybridized carbons (Fsp3) is 0.381. The van der Waals surface area contributed by atoms with Gasteiger partial charge in [-0.25, -0.2) is 4.39 Å². The number of phenols is 1. The van der Waals surface area contributed by atoms with Crippen molar-refractivity contribution in [3.05, 3.63) is 59.9 Å². The van der Waals surface area contributed by atoms with E-state index in [1.165, 1.54) is 17.7 Å². The van der Waals surface area contributed by atoms with Gasteiger partial charge in [0.2, 0.25) is 5.91 Å². The average molecular weight is 356 g/mol. The molecule has 0 radical (unpaired) electrons. The Morgan fingerprint density at radius 3 is 2.38 bits per heavy atom. The predicted octanol–water partition coefficient (Wildman–Crippen LogP) is 3.81. The highest BCUT2D eigenvalue weighted by Gasteiger charge is 2.20. The number of likely N-dealkylation sites (tertiary alicyclic amines) is 1. The molecule has 0 spiro atoms. The second-order valence-corrected chi connectivity index (χ2v) is 6.98. The molecule has 1 aliphatic heterocycles. The van der Waals surface area contributed by atoms with Crippen molar-refractivity contribution in [3.63, 3.8) is 0 Å². The maximum atomic E-state index is 12.9. The molecule has 0 bridgehead atoms. The minimum atomic E-state index is -0.308. The first kappa shape index (κ1) is 18.4. The first-order valence-electron chi connectivity index (χ1n) is 9.14. The number of hydrogen-bond donors (Lipinski definition) is 2. The molecular weight excluding hydrogens is 331 g/mol. The lowest BCUT2D eigenvalue weighted by atomic mass is 9.90. The molecule has 1 amide bonds. The van der Waals surface area contributed by atoms with E-state index in [0.29, 0.717) is 23.9 Å². The third kappa shape index (κ3) is 5.56. The summed E-state index contributed by atoms with van der Waals surface area (Å²) in [7, 11) is 0. The Morgan fingerprint density at radius 1 is 1.08 bits per heavy atom. The first-order chi connectivity index (χ1) is 12.6. The summed E-state index contributed by atoms with van der Waals surface area (Å²) in [5.74, 6) is 0.623. The van der Waals surface area contributed by atoms with Crippen LogP contribution in [0.2, 0.25) is 0 Å². The summed E-state index contributed by atoms with van der Waals surface area (Å²) in [6.45, 7) is 2.23. The van der Waals surface area contributed by atoms with Crippen LogP contribution in [0.15, 0.2) is 48.5 Å². The minimum Gasteiger partial charge on any atom is -0.508 e. The summed E-state index contributed by atoms with van der Waals surface area (Å²) in [6, 6.07) is 13.2. The van der Waals surface area contributed by atoms with Gasteiger partial charge in [-0.1, -0.05) is 12.1 Å². The summed E-state index contributed by atoms with van der Waals surface area (Å²) >= 11 is 0. The number of nitrogens with one attached hydrogen (secondary N) is 1. The van der Waals surface area contributed by atoms with Gasteiger partial charge in [0.25, 0.3) is 0 Å². The molecule has 2 N–H and O–H groups in total. The second kappa shape index (κ2) is 8.81. The van der Waals surface area contributed by atoms with Gasteiger partial charge in [-0.2, -0.15) is 0 Å². The van der Waals surface area contributed by atoms with Crippen LogP contribution in [0.1, 0.15) is 24.8 Å². The molecule has 1 saturated heterocycles. The molecule has 0 unspecified atom stereocenters. The molecule has 138 valence electrons. The molecule has 2 aromatic carbocycles. The van der Waals surface area contributed by atoms with E-state index in [4.69, 9.17) is 0 Å². The van der Waals surface area contributed by atoms with Gasteiger partial charge >= 0.3 is 0 Å². The third-order valence-corrected chi connectivity index (χ3v) is 4.98. The van der Waals surface area contributed by atoms with Crippen LogP contribution in [-0.4, -0.2) is 35.5 Å². The average Bonchev–Trinajstić information content (AvgIpc) is 2.64. The highest BCUT2D eigenvalue weighted by molar-refractivity contribution is 5.92. The molecule has 0 aromatic heterocycles. The van der Waals surface area contributed by atoms with Crippen molar-refractivity contribution in [3.8, 4) is 5.75 Å². The monoisotopic (exact) mass is 356 g/mol. The smallest absolute Gasteiger partial charge is 0.238 e. The van der Waals surface area contributed by atoms with E-state index in [2.05, 4.69) is 10.2 Å². The van der Waals surface area contributed by atoms with E-state index < -0.39 is 0 Å². The molecule has 1 aliphatic rings. The molecule has 0 atom stereocenters. The number of nitrogens with zero attached hydrogens (tertiary/aromatic N) is 1. The topological polar surface area (TPSA) is 52.6 Å². The zero-order valence-electron chi connectivity index (χ0n) is 14.8. The van der Waals surface area contributed by atoms with Gasteiger partial charge in [-0.05, 0) is 86.7 Å². The first-order valence-corrected chi connectivity index (χ1v) is 9.14. The van der Waals surface area contributed by atoms with Gasteiger partial charge in [0, 0.05) is 5.69 Å². The highest BCUT2D eigenvalue weighted by atomic mass is 19.1. The summed E-state index contributed by atoms with van der Waals surface area (Å²) < 4.78 is 12.9. The number of piperidine rings is 1. The highest BCUT2D eigenvalue weighted by Crippen LogP contribution is 2.23. The number of aryl methyl sites for hydroxylation is 1. The molecule has 3 rings (SSSR count). The van der Waals surface area contributed by atoms with Crippen LogP contribution in [0.25, 0.3) is 0 Å². The van der Waals surface area contributed by atoms with Crippen molar-refractivity contribution in [1.82, 2.24) is 4.90 Å². The quantitative estimate of drug-likeness (QED) is 0.827. The van der Waals surface area contributed by atoms with Crippen molar-refractivity contribution in [2.75, 3.05) is 25.0 Å². The number of anilines is 1. The number of aromatic hydroxyl groups is 1. The standard InChI is InChI=1S/C21H25FN2O2/c22-18-5-7-19(8-6-18)23-21(26)15-24-13-11-17(12-14-24)2-1-16-3-9-20(25)10-4-16/h3-10,17,25H,1-2,11-15H2,(H,23,26). The number of hydrogen-bond acceptors (Lipinski definition) is 3. The van der Waals surface area contributed by atoms with E-state index in [0.717, 1.165) is 38.8 Å².